The van der Waals surface area contributed by atoms with Crippen LogP contribution in [0.15, 0.2) is 45.3 Å². The van der Waals surface area contributed by atoms with Crippen molar-refractivity contribution >= 4 is 37.5 Å². The van der Waals surface area contributed by atoms with Gasteiger partial charge in [0.25, 0.3) is 0 Å². The third-order valence-electron chi connectivity index (χ3n) is 3.08. The van der Waals surface area contributed by atoms with Crippen molar-refractivity contribution in [2.45, 2.75) is 12.5 Å². The maximum absolute atomic E-state index is 13.5. The number of hydrogen-bond acceptors (Lipinski definition) is 3. The molecule has 0 heterocycles. The molecule has 5 N–H and O–H groups in total. The summed E-state index contributed by atoms with van der Waals surface area (Å²) in [5, 5.41) is 0. The second kappa shape index (κ2) is 6.67. The van der Waals surface area contributed by atoms with E-state index in [0.29, 0.717) is 16.6 Å². The zero-order chi connectivity index (χ0) is 14.7. The van der Waals surface area contributed by atoms with E-state index in [1.807, 2.05) is 24.3 Å². The largest absolute Gasteiger partial charge is 0.398 e. The minimum absolute atomic E-state index is 0.203. The lowest BCUT2D eigenvalue weighted by molar-refractivity contribution is 0.547. The molecule has 0 radical (unpaired) electrons. The first-order valence-electron chi connectivity index (χ1n) is 5.97. The molecule has 3 nitrogen and oxygen atoms in total. The molecule has 2 rings (SSSR count). The van der Waals surface area contributed by atoms with Gasteiger partial charge < -0.3 is 5.73 Å². The summed E-state index contributed by atoms with van der Waals surface area (Å²) in [5.41, 5.74) is 11.1. The summed E-state index contributed by atoms with van der Waals surface area (Å²) in [5.74, 6) is 5.34. The lowest BCUT2D eigenvalue weighted by Crippen LogP contribution is -2.30. The average Bonchev–Trinajstić information content (AvgIpc) is 2.43. The van der Waals surface area contributed by atoms with Gasteiger partial charge in [0.1, 0.15) is 5.82 Å². The van der Waals surface area contributed by atoms with Crippen LogP contribution in [0.1, 0.15) is 17.2 Å². The number of nitrogens with two attached hydrogens (primary N) is 2. The highest BCUT2D eigenvalue weighted by atomic mass is 79.9. The monoisotopic (exact) mass is 401 g/mol. The summed E-state index contributed by atoms with van der Waals surface area (Å²) in [6.07, 6.45) is 0.523. The van der Waals surface area contributed by atoms with Crippen molar-refractivity contribution in [1.82, 2.24) is 5.43 Å². The molecule has 0 saturated heterocycles. The van der Waals surface area contributed by atoms with Crippen LogP contribution in [0, 0.1) is 5.82 Å². The first kappa shape index (κ1) is 15.4. The van der Waals surface area contributed by atoms with Crippen molar-refractivity contribution < 1.29 is 4.39 Å². The van der Waals surface area contributed by atoms with E-state index in [1.165, 1.54) is 6.07 Å². The maximum atomic E-state index is 13.5. The molecule has 0 saturated carbocycles. The summed E-state index contributed by atoms with van der Waals surface area (Å²) in [6.45, 7) is 0. The van der Waals surface area contributed by atoms with Crippen molar-refractivity contribution in [2.24, 2.45) is 5.84 Å². The van der Waals surface area contributed by atoms with Crippen molar-refractivity contribution in [3.63, 3.8) is 0 Å². The minimum Gasteiger partial charge on any atom is -0.398 e. The smallest absolute Gasteiger partial charge is 0.137 e. The molecule has 20 heavy (non-hydrogen) atoms. The average molecular weight is 403 g/mol. The van der Waals surface area contributed by atoms with E-state index in [9.17, 15) is 4.39 Å². The summed E-state index contributed by atoms with van der Waals surface area (Å²) in [6, 6.07) is 10.3. The molecule has 106 valence electrons. The normalized spacial score (nSPS) is 12.4. The van der Waals surface area contributed by atoms with Crippen LogP contribution >= 0.6 is 31.9 Å². The first-order chi connectivity index (χ1) is 9.52. The van der Waals surface area contributed by atoms with Gasteiger partial charge in [-0.15, -0.1) is 0 Å². The molecular formula is C14H14Br2FN3. The van der Waals surface area contributed by atoms with Gasteiger partial charge in [0.05, 0.1) is 10.5 Å². The lowest BCUT2D eigenvalue weighted by Gasteiger charge is -2.19. The molecule has 0 spiro atoms. The van der Waals surface area contributed by atoms with Gasteiger partial charge in [-0.2, -0.15) is 0 Å². The summed E-state index contributed by atoms with van der Waals surface area (Å²) in [4.78, 5) is 0. The molecule has 0 aromatic heterocycles. The molecule has 1 unspecified atom stereocenters. The zero-order valence-corrected chi connectivity index (χ0v) is 13.7. The van der Waals surface area contributed by atoms with Gasteiger partial charge in [-0.3, -0.25) is 11.3 Å². The van der Waals surface area contributed by atoms with Gasteiger partial charge in [0.2, 0.25) is 0 Å². The van der Waals surface area contributed by atoms with Gasteiger partial charge in [0.15, 0.2) is 0 Å². The SMILES string of the molecule is NNC(Cc1cccc(F)c1Br)c1cc(Br)ccc1N. The zero-order valence-electron chi connectivity index (χ0n) is 10.5. The highest BCUT2D eigenvalue weighted by Gasteiger charge is 2.16. The van der Waals surface area contributed by atoms with Crippen molar-refractivity contribution in [3.05, 3.63) is 62.3 Å². The Morgan fingerprint density at radius 2 is 1.95 bits per heavy atom. The summed E-state index contributed by atoms with van der Waals surface area (Å²) < 4.78 is 14.9. The Balaban J connectivity index is 2.34. The van der Waals surface area contributed by atoms with E-state index < -0.39 is 0 Å². The standard InChI is InChI=1S/C14H14Br2FN3/c15-9-4-5-12(18)10(7-9)13(20-19)6-8-2-1-3-11(17)14(8)16/h1-5,7,13,20H,6,18-19H2. The molecule has 0 fully saturated rings. The molecule has 0 bridgehead atoms. The number of rotatable bonds is 4. The molecule has 6 heteroatoms. The first-order valence-corrected chi connectivity index (χ1v) is 7.55. The Bertz CT molecular complexity index is 619. The Labute approximate surface area is 133 Å². The highest BCUT2D eigenvalue weighted by molar-refractivity contribution is 9.10. The summed E-state index contributed by atoms with van der Waals surface area (Å²) in [7, 11) is 0. The number of halogens is 3. The highest BCUT2D eigenvalue weighted by Crippen LogP contribution is 2.29. The van der Waals surface area contributed by atoms with E-state index in [0.717, 1.165) is 15.6 Å². The van der Waals surface area contributed by atoms with Crippen molar-refractivity contribution in [3.8, 4) is 0 Å². The fourth-order valence-electron chi connectivity index (χ4n) is 2.03. The molecule has 2 aromatic rings. The number of anilines is 1. The maximum Gasteiger partial charge on any atom is 0.137 e. The molecule has 2 aromatic carbocycles. The number of nitrogens with one attached hydrogen (secondary N) is 1. The molecule has 0 amide bonds. The third kappa shape index (κ3) is 3.38. The topological polar surface area (TPSA) is 64.1 Å². The van der Waals surface area contributed by atoms with Crippen LogP contribution in [0.2, 0.25) is 0 Å². The van der Waals surface area contributed by atoms with E-state index in [1.54, 1.807) is 6.07 Å². The van der Waals surface area contributed by atoms with Gasteiger partial charge in [-0.05, 0) is 57.7 Å². The predicted octanol–water partition coefficient (Wildman–Crippen LogP) is 3.68. The second-order valence-electron chi connectivity index (χ2n) is 4.41. The van der Waals surface area contributed by atoms with E-state index in [2.05, 4.69) is 37.3 Å². The van der Waals surface area contributed by atoms with Gasteiger partial charge in [-0.25, -0.2) is 4.39 Å². The molecule has 0 aliphatic rings. The number of hydrogen-bond donors (Lipinski definition) is 3. The van der Waals surface area contributed by atoms with Gasteiger partial charge in [-0.1, -0.05) is 28.1 Å². The minimum atomic E-state index is -0.291. The van der Waals surface area contributed by atoms with Crippen LogP contribution in [0.4, 0.5) is 10.1 Å². The van der Waals surface area contributed by atoms with Crippen LogP contribution in [0.5, 0.6) is 0 Å². The van der Waals surface area contributed by atoms with Crippen LogP contribution in [-0.4, -0.2) is 0 Å². The Morgan fingerprint density at radius 3 is 2.65 bits per heavy atom. The summed E-state index contributed by atoms with van der Waals surface area (Å²) >= 11 is 6.67. The second-order valence-corrected chi connectivity index (χ2v) is 6.12. The fraction of sp³-hybridized carbons (Fsp3) is 0.143. The van der Waals surface area contributed by atoms with E-state index in [4.69, 9.17) is 11.6 Å². The van der Waals surface area contributed by atoms with Gasteiger partial charge >= 0.3 is 0 Å². The quantitative estimate of drug-likeness (QED) is 0.415. The Morgan fingerprint density at radius 1 is 1.20 bits per heavy atom. The number of nitrogen functional groups attached to an aromatic ring is 1. The van der Waals surface area contributed by atoms with E-state index in [-0.39, 0.29) is 11.9 Å². The number of benzene rings is 2. The van der Waals surface area contributed by atoms with Gasteiger partial charge in [0, 0.05) is 10.2 Å². The predicted molar refractivity (Wildman–Crippen MR) is 86.4 cm³/mol. The Kier molecular flexibility index (Phi) is 5.15. The molecule has 1 atom stereocenters. The van der Waals surface area contributed by atoms with E-state index >= 15 is 0 Å². The van der Waals surface area contributed by atoms with Crippen LogP contribution < -0.4 is 17.0 Å². The number of hydrazine groups is 1. The van der Waals surface area contributed by atoms with Crippen LogP contribution in [-0.2, 0) is 6.42 Å². The molecule has 0 aliphatic heterocycles. The molecular weight excluding hydrogens is 389 g/mol. The van der Waals surface area contributed by atoms with Crippen LogP contribution in [0.25, 0.3) is 0 Å². The Hall–Kier alpha value is -0.950. The van der Waals surface area contributed by atoms with Crippen molar-refractivity contribution in [2.75, 3.05) is 5.73 Å². The van der Waals surface area contributed by atoms with Crippen molar-refractivity contribution in [1.29, 1.82) is 0 Å². The molecule has 0 aliphatic carbocycles. The lowest BCUT2D eigenvalue weighted by atomic mass is 9.98. The fourth-order valence-corrected chi connectivity index (χ4v) is 2.84. The van der Waals surface area contributed by atoms with Crippen LogP contribution in [0.3, 0.4) is 0 Å². The third-order valence-corrected chi connectivity index (χ3v) is 4.46.